The highest BCUT2D eigenvalue weighted by atomic mass is 31.2. The number of terminal acetylenes is 1. The van der Waals surface area contributed by atoms with Crippen LogP contribution in [0.5, 0.6) is 0 Å². The Morgan fingerprint density at radius 1 is 1.92 bits per heavy atom. The van der Waals surface area contributed by atoms with Gasteiger partial charge < -0.3 is 10.3 Å². The van der Waals surface area contributed by atoms with Crippen molar-refractivity contribution >= 4 is 7.37 Å². The van der Waals surface area contributed by atoms with Crippen molar-refractivity contribution in [2.24, 2.45) is 11.7 Å². The van der Waals surface area contributed by atoms with Crippen LogP contribution < -0.4 is 5.73 Å². The van der Waals surface area contributed by atoms with E-state index in [4.69, 9.17) is 16.7 Å². The first-order valence-corrected chi connectivity index (χ1v) is 5.83. The van der Waals surface area contributed by atoms with Crippen LogP contribution in [0, 0.1) is 18.3 Å². The van der Waals surface area contributed by atoms with E-state index in [0.717, 1.165) is 0 Å². The van der Waals surface area contributed by atoms with Crippen molar-refractivity contribution in [2.45, 2.75) is 12.4 Å². The fourth-order valence-corrected chi connectivity index (χ4v) is 3.20. The van der Waals surface area contributed by atoms with E-state index in [0.29, 0.717) is 0 Å². The minimum atomic E-state index is -2.69. The summed E-state index contributed by atoms with van der Waals surface area (Å²) in [6.45, 7) is 1.44. The Kier molecular flexibility index (Phi) is 2.58. The number of halogens is 1. The van der Waals surface area contributed by atoms with E-state index in [-0.39, 0.29) is 6.16 Å². The summed E-state index contributed by atoms with van der Waals surface area (Å²) in [4.78, 5) is 0. The van der Waals surface area contributed by atoms with Crippen LogP contribution >= 0.6 is 7.37 Å². The average molecular weight is 191 g/mol. The van der Waals surface area contributed by atoms with Crippen LogP contribution in [-0.4, -0.2) is 25.2 Å². The molecule has 0 amide bonds. The van der Waals surface area contributed by atoms with Crippen LogP contribution in [0.2, 0.25) is 0 Å². The monoisotopic (exact) mass is 191 g/mol. The normalized spacial score (nSPS) is 43.8. The number of hydrogen-bond acceptors (Lipinski definition) is 3. The zero-order chi connectivity index (χ0) is 9.35. The molecule has 2 N–H and O–H groups in total. The van der Waals surface area contributed by atoms with E-state index >= 15 is 0 Å². The smallest absolute Gasteiger partial charge is 0.201 e. The Morgan fingerprint density at radius 2 is 2.50 bits per heavy atom. The summed E-state index contributed by atoms with van der Waals surface area (Å²) < 4.78 is 29.0. The van der Waals surface area contributed by atoms with Gasteiger partial charge in [-0.25, -0.2) is 4.39 Å². The van der Waals surface area contributed by atoms with E-state index in [1.54, 1.807) is 0 Å². The largest absolute Gasteiger partial charge is 0.312 e. The van der Waals surface area contributed by atoms with E-state index in [9.17, 15) is 8.96 Å². The van der Waals surface area contributed by atoms with Gasteiger partial charge in [-0.1, -0.05) is 5.92 Å². The first kappa shape index (κ1) is 9.73. The first-order chi connectivity index (χ1) is 5.46. The molecule has 4 unspecified atom stereocenters. The zero-order valence-electron chi connectivity index (χ0n) is 6.74. The molecular formula is C7H11FNO2P. The van der Waals surface area contributed by atoms with Gasteiger partial charge in [0.2, 0.25) is 7.37 Å². The minimum absolute atomic E-state index is 0.138. The summed E-state index contributed by atoms with van der Waals surface area (Å²) in [7, 11) is -2.69. The SMILES string of the molecule is C#CC1OP(C)(=O)CC1C(N)F. The van der Waals surface area contributed by atoms with Gasteiger partial charge in [0.05, 0.1) is 5.92 Å². The molecule has 0 bridgehead atoms. The van der Waals surface area contributed by atoms with Crippen LogP contribution in [0.25, 0.3) is 0 Å². The number of hydrogen-bond donors (Lipinski definition) is 1. The molecule has 1 heterocycles. The highest BCUT2D eigenvalue weighted by Gasteiger charge is 2.42. The Bertz CT molecular complexity index is 261. The van der Waals surface area contributed by atoms with Crippen molar-refractivity contribution in [3.05, 3.63) is 0 Å². The van der Waals surface area contributed by atoms with Crippen LogP contribution in [0.1, 0.15) is 0 Å². The molecule has 1 fully saturated rings. The van der Waals surface area contributed by atoms with E-state index < -0.39 is 25.7 Å². The van der Waals surface area contributed by atoms with Gasteiger partial charge in [0.25, 0.3) is 0 Å². The molecule has 1 saturated heterocycles. The molecule has 68 valence electrons. The van der Waals surface area contributed by atoms with Crippen LogP contribution in [0.3, 0.4) is 0 Å². The third kappa shape index (κ3) is 1.87. The third-order valence-electron chi connectivity index (χ3n) is 1.84. The third-order valence-corrected chi connectivity index (χ3v) is 3.60. The van der Waals surface area contributed by atoms with Crippen LogP contribution in [0.15, 0.2) is 0 Å². The lowest BCUT2D eigenvalue weighted by Crippen LogP contribution is -2.32. The molecule has 0 aromatic carbocycles. The molecule has 0 aliphatic carbocycles. The van der Waals surface area contributed by atoms with E-state index in [2.05, 4.69) is 5.92 Å². The maximum Gasteiger partial charge on any atom is 0.201 e. The van der Waals surface area contributed by atoms with Crippen LogP contribution in [0.4, 0.5) is 4.39 Å². The van der Waals surface area contributed by atoms with Crippen molar-refractivity contribution in [3.63, 3.8) is 0 Å². The summed E-state index contributed by atoms with van der Waals surface area (Å²) in [5, 5.41) is 0. The van der Waals surface area contributed by atoms with E-state index in [1.807, 2.05) is 0 Å². The van der Waals surface area contributed by atoms with Gasteiger partial charge in [0.15, 0.2) is 6.30 Å². The first-order valence-electron chi connectivity index (χ1n) is 3.57. The van der Waals surface area contributed by atoms with Gasteiger partial charge in [0, 0.05) is 12.8 Å². The van der Waals surface area contributed by atoms with Gasteiger partial charge in [0.1, 0.15) is 6.10 Å². The fourth-order valence-electron chi connectivity index (χ4n) is 1.26. The molecule has 0 radical (unpaired) electrons. The summed E-state index contributed by atoms with van der Waals surface area (Å²) in [5.74, 6) is 1.62. The molecule has 0 aromatic heterocycles. The predicted molar refractivity (Wildman–Crippen MR) is 44.7 cm³/mol. The zero-order valence-corrected chi connectivity index (χ0v) is 7.63. The highest BCUT2D eigenvalue weighted by Crippen LogP contribution is 2.53. The quantitative estimate of drug-likeness (QED) is 0.379. The molecule has 1 aliphatic heterocycles. The van der Waals surface area contributed by atoms with Gasteiger partial charge >= 0.3 is 0 Å². The van der Waals surface area contributed by atoms with Gasteiger partial charge in [-0.3, -0.25) is 4.57 Å². The van der Waals surface area contributed by atoms with Crippen molar-refractivity contribution in [1.82, 2.24) is 0 Å². The Labute approximate surface area is 70.9 Å². The molecule has 1 rings (SSSR count). The maximum absolute atomic E-state index is 12.7. The van der Waals surface area contributed by atoms with Crippen molar-refractivity contribution < 1.29 is 13.5 Å². The van der Waals surface area contributed by atoms with Gasteiger partial charge in [-0.15, -0.1) is 6.42 Å². The van der Waals surface area contributed by atoms with E-state index in [1.165, 1.54) is 6.66 Å². The summed E-state index contributed by atoms with van der Waals surface area (Å²) >= 11 is 0. The average Bonchev–Trinajstić information content (AvgIpc) is 2.25. The van der Waals surface area contributed by atoms with Crippen molar-refractivity contribution in [1.29, 1.82) is 0 Å². The lowest BCUT2D eigenvalue weighted by atomic mass is 10.1. The minimum Gasteiger partial charge on any atom is -0.312 e. The standard InChI is InChI=1S/C7H11FNO2P/c1-3-6-5(7(8)9)4-12(2,10)11-6/h1,5-7H,4,9H2,2H3. The molecule has 5 heteroatoms. The summed E-state index contributed by atoms with van der Waals surface area (Å²) in [5.41, 5.74) is 5.02. The second-order valence-corrected chi connectivity index (χ2v) is 5.60. The molecule has 0 spiro atoms. The Morgan fingerprint density at radius 3 is 2.83 bits per heavy atom. The fraction of sp³-hybridized carbons (Fsp3) is 0.714. The van der Waals surface area contributed by atoms with Crippen LogP contribution in [-0.2, 0) is 9.09 Å². The molecule has 0 aromatic rings. The number of rotatable bonds is 1. The van der Waals surface area contributed by atoms with Gasteiger partial charge in [-0.05, 0) is 0 Å². The molecule has 3 nitrogen and oxygen atoms in total. The molecule has 4 atom stereocenters. The second-order valence-electron chi connectivity index (χ2n) is 3.00. The topological polar surface area (TPSA) is 52.3 Å². The van der Waals surface area contributed by atoms with Gasteiger partial charge in [-0.2, -0.15) is 0 Å². The summed E-state index contributed by atoms with van der Waals surface area (Å²) in [6.07, 6.45) is 2.91. The lowest BCUT2D eigenvalue weighted by molar-refractivity contribution is 0.164. The summed E-state index contributed by atoms with van der Waals surface area (Å²) in [6, 6.07) is 0. The van der Waals surface area contributed by atoms with Crippen molar-refractivity contribution in [3.8, 4) is 12.3 Å². The Hall–Kier alpha value is -0.360. The lowest BCUT2D eigenvalue weighted by Gasteiger charge is -2.11. The highest BCUT2D eigenvalue weighted by molar-refractivity contribution is 7.58. The Balaban J connectivity index is 2.78. The second kappa shape index (κ2) is 3.18. The number of nitrogens with two attached hydrogens (primary N) is 1. The predicted octanol–water partition coefficient (Wildman–Crippen LogP) is 0.797. The molecule has 1 aliphatic rings. The number of alkyl halides is 1. The van der Waals surface area contributed by atoms with Crippen molar-refractivity contribution in [2.75, 3.05) is 12.8 Å². The molecule has 12 heavy (non-hydrogen) atoms. The maximum atomic E-state index is 12.7. The molecule has 0 saturated carbocycles. The molecular weight excluding hydrogens is 180 g/mol.